The third kappa shape index (κ3) is 3.90. The van der Waals surface area contributed by atoms with Crippen molar-refractivity contribution in [1.82, 2.24) is 25.4 Å². The van der Waals surface area contributed by atoms with E-state index in [1.54, 1.807) is 18.5 Å². The molecule has 1 aliphatic rings. The molecule has 0 bridgehead atoms. The Morgan fingerprint density at radius 3 is 2.57 bits per heavy atom. The summed E-state index contributed by atoms with van der Waals surface area (Å²) in [5.74, 6) is 0.731. The number of aromatic nitrogens is 4. The molecule has 2 aromatic heterocycles. The van der Waals surface area contributed by atoms with E-state index in [-0.39, 0.29) is 23.6 Å². The molecule has 1 aromatic carbocycles. The van der Waals surface area contributed by atoms with E-state index in [9.17, 15) is 9.18 Å². The number of carbonyl (C=O) groups excluding carboxylic acids is 1. The van der Waals surface area contributed by atoms with Gasteiger partial charge in [0.2, 0.25) is 23.4 Å². The van der Waals surface area contributed by atoms with E-state index in [0.717, 1.165) is 24.8 Å². The highest BCUT2D eigenvalue weighted by Crippen LogP contribution is 2.43. The fourth-order valence-corrected chi connectivity index (χ4v) is 3.41. The summed E-state index contributed by atoms with van der Waals surface area (Å²) in [4.78, 5) is 24.6. The van der Waals surface area contributed by atoms with E-state index in [1.165, 1.54) is 12.1 Å². The number of carbonyl (C=O) groups is 1. The molecule has 28 heavy (non-hydrogen) atoms. The summed E-state index contributed by atoms with van der Waals surface area (Å²) in [5.41, 5.74) is 0.982. The molecule has 7 nitrogen and oxygen atoms in total. The molecule has 0 aliphatic heterocycles. The van der Waals surface area contributed by atoms with Crippen LogP contribution < -0.4 is 5.32 Å². The average molecular weight is 381 g/mol. The van der Waals surface area contributed by atoms with Gasteiger partial charge in [-0.15, -0.1) is 0 Å². The first-order valence-corrected chi connectivity index (χ1v) is 9.27. The second-order valence-corrected chi connectivity index (χ2v) is 7.00. The zero-order valence-corrected chi connectivity index (χ0v) is 15.3. The van der Waals surface area contributed by atoms with Crippen LogP contribution in [0.2, 0.25) is 0 Å². The molecule has 0 unspecified atom stereocenters. The summed E-state index contributed by atoms with van der Waals surface area (Å²) in [6, 6.07) is 8.27. The van der Waals surface area contributed by atoms with Crippen LogP contribution in [0.4, 0.5) is 4.39 Å². The van der Waals surface area contributed by atoms with Gasteiger partial charge in [0.25, 0.3) is 0 Å². The second-order valence-electron chi connectivity index (χ2n) is 7.00. The predicted octanol–water partition coefficient (Wildman–Crippen LogP) is 2.84. The molecule has 1 amide bonds. The number of amides is 1. The Labute approximate surface area is 161 Å². The van der Waals surface area contributed by atoms with Crippen molar-refractivity contribution >= 4 is 5.91 Å². The SMILES string of the molecule is O=C(CCc1nc(-c2ncccn2)no1)NCC1(c2ccc(F)cc2)CCC1. The lowest BCUT2D eigenvalue weighted by Crippen LogP contribution is -2.45. The third-order valence-corrected chi connectivity index (χ3v) is 5.19. The molecule has 0 radical (unpaired) electrons. The van der Waals surface area contributed by atoms with Crippen LogP contribution in [0.5, 0.6) is 0 Å². The second kappa shape index (κ2) is 7.84. The molecule has 8 heteroatoms. The standard InChI is InChI=1S/C20H20FN5O2/c21-15-5-3-14(4-6-15)20(9-1-10-20)13-24-16(27)7-8-17-25-19(26-28-17)18-22-11-2-12-23-18/h2-6,11-12H,1,7-10,13H2,(H,24,27). The van der Waals surface area contributed by atoms with Gasteiger partial charge in [-0.3, -0.25) is 4.79 Å². The van der Waals surface area contributed by atoms with Crippen LogP contribution in [0.25, 0.3) is 11.6 Å². The van der Waals surface area contributed by atoms with E-state index in [0.29, 0.717) is 30.5 Å². The van der Waals surface area contributed by atoms with Crippen molar-refractivity contribution in [1.29, 1.82) is 0 Å². The highest BCUT2D eigenvalue weighted by molar-refractivity contribution is 5.76. The molecule has 144 valence electrons. The minimum absolute atomic E-state index is 0.0795. The molecule has 1 N–H and O–H groups in total. The molecular weight excluding hydrogens is 361 g/mol. The van der Waals surface area contributed by atoms with Crippen molar-refractivity contribution in [3.8, 4) is 11.6 Å². The number of hydrogen-bond donors (Lipinski definition) is 1. The normalized spacial score (nSPS) is 15.0. The lowest BCUT2D eigenvalue weighted by Gasteiger charge is -2.42. The van der Waals surface area contributed by atoms with Gasteiger partial charge in [-0.2, -0.15) is 4.98 Å². The largest absolute Gasteiger partial charge is 0.355 e. The summed E-state index contributed by atoms with van der Waals surface area (Å²) in [6.07, 6.45) is 6.88. The molecule has 2 heterocycles. The van der Waals surface area contributed by atoms with Crippen molar-refractivity contribution in [3.05, 3.63) is 60.0 Å². The van der Waals surface area contributed by atoms with E-state index >= 15 is 0 Å². The first kappa shape index (κ1) is 18.2. The van der Waals surface area contributed by atoms with Crippen LogP contribution in [0.3, 0.4) is 0 Å². The molecule has 0 atom stereocenters. The number of rotatable bonds is 7. The Balaban J connectivity index is 1.30. The molecular formula is C20H20FN5O2. The Hall–Kier alpha value is -3.16. The fourth-order valence-electron chi connectivity index (χ4n) is 3.41. The van der Waals surface area contributed by atoms with E-state index in [2.05, 4.69) is 25.4 Å². The number of nitrogens with zero attached hydrogens (tertiary/aromatic N) is 4. The Morgan fingerprint density at radius 1 is 1.14 bits per heavy atom. The fraction of sp³-hybridized carbons (Fsp3) is 0.350. The van der Waals surface area contributed by atoms with Gasteiger partial charge < -0.3 is 9.84 Å². The Kier molecular flexibility index (Phi) is 5.10. The van der Waals surface area contributed by atoms with E-state index in [1.807, 2.05) is 12.1 Å². The zero-order valence-electron chi connectivity index (χ0n) is 15.3. The van der Waals surface area contributed by atoms with Crippen LogP contribution in [0.15, 0.2) is 47.2 Å². The van der Waals surface area contributed by atoms with Gasteiger partial charge in [-0.25, -0.2) is 14.4 Å². The molecule has 0 saturated heterocycles. The first-order chi connectivity index (χ1) is 13.6. The van der Waals surface area contributed by atoms with Crippen molar-refractivity contribution in [2.45, 2.75) is 37.5 Å². The predicted molar refractivity (Wildman–Crippen MR) is 98.6 cm³/mol. The summed E-state index contributed by atoms with van der Waals surface area (Å²) in [6.45, 7) is 0.546. The van der Waals surface area contributed by atoms with Crippen LogP contribution in [0.1, 0.15) is 37.1 Å². The minimum Gasteiger partial charge on any atom is -0.355 e. The number of nitrogens with one attached hydrogen (secondary N) is 1. The lowest BCUT2D eigenvalue weighted by molar-refractivity contribution is -0.121. The van der Waals surface area contributed by atoms with Crippen LogP contribution in [0, 0.1) is 5.82 Å². The minimum atomic E-state index is -0.248. The maximum absolute atomic E-state index is 13.2. The molecule has 1 fully saturated rings. The van der Waals surface area contributed by atoms with Crippen molar-refractivity contribution in [2.24, 2.45) is 0 Å². The number of hydrogen-bond acceptors (Lipinski definition) is 6. The average Bonchev–Trinajstić information content (AvgIpc) is 3.17. The third-order valence-electron chi connectivity index (χ3n) is 5.19. The van der Waals surface area contributed by atoms with Crippen LogP contribution in [-0.2, 0) is 16.6 Å². The maximum Gasteiger partial charge on any atom is 0.240 e. The zero-order chi connectivity index (χ0) is 19.4. The van der Waals surface area contributed by atoms with Gasteiger partial charge in [-0.1, -0.05) is 23.7 Å². The Morgan fingerprint density at radius 2 is 1.89 bits per heavy atom. The van der Waals surface area contributed by atoms with Gasteiger partial charge >= 0.3 is 0 Å². The van der Waals surface area contributed by atoms with Gasteiger partial charge in [0.15, 0.2) is 0 Å². The van der Waals surface area contributed by atoms with Gasteiger partial charge in [0.1, 0.15) is 5.82 Å². The molecule has 1 aliphatic carbocycles. The van der Waals surface area contributed by atoms with Gasteiger partial charge in [0.05, 0.1) is 0 Å². The molecule has 4 rings (SSSR count). The summed E-state index contributed by atoms with van der Waals surface area (Å²) >= 11 is 0. The topological polar surface area (TPSA) is 93.8 Å². The van der Waals surface area contributed by atoms with Crippen molar-refractivity contribution < 1.29 is 13.7 Å². The van der Waals surface area contributed by atoms with E-state index in [4.69, 9.17) is 4.52 Å². The molecule has 3 aromatic rings. The monoisotopic (exact) mass is 381 g/mol. The lowest BCUT2D eigenvalue weighted by atomic mass is 9.64. The maximum atomic E-state index is 13.2. The van der Waals surface area contributed by atoms with Gasteiger partial charge in [-0.05, 0) is 36.6 Å². The summed E-state index contributed by atoms with van der Waals surface area (Å²) in [7, 11) is 0. The van der Waals surface area contributed by atoms with E-state index < -0.39 is 0 Å². The highest BCUT2D eigenvalue weighted by Gasteiger charge is 2.38. The van der Waals surface area contributed by atoms with Crippen LogP contribution in [-0.4, -0.2) is 32.6 Å². The molecule has 1 saturated carbocycles. The molecule has 0 spiro atoms. The van der Waals surface area contributed by atoms with Crippen molar-refractivity contribution in [2.75, 3.05) is 6.54 Å². The first-order valence-electron chi connectivity index (χ1n) is 9.27. The number of halogens is 1. The summed E-state index contributed by atoms with van der Waals surface area (Å²) < 4.78 is 18.4. The number of aryl methyl sites for hydroxylation is 1. The van der Waals surface area contributed by atoms with Crippen LogP contribution >= 0.6 is 0 Å². The van der Waals surface area contributed by atoms with Crippen molar-refractivity contribution in [3.63, 3.8) is 0 Å². The highest BCUT2D eigenvalue weighted by atomic mass is 19.1. The van der Waals surface area contributed by atoms with Gasteiger partial charge in [0, 0.05) is 37.2 Å². The number of benzene rings is 1. The smallest absolute Gasteiger partial charge is 0.240 e. The summed E-state index contributed by atoms with van der Waals surface area (Å²) in [5, 5.41) is 6.85. The quantitative estimate of drug-likeness (QED) is 0.676. The Bertz CT molecular complexity index is 939.